The smallest absolute Gasteiger partial charge is 0.158 e. The Labute approximate surface area is 156 Å². The van der Waals surface area contributed by atoms with Gasteiger partial charge < -0.3 is 10.2 Å². The molecule has 0 spiro atoms. The van der Waals surface area contributed by atoms with Crippen LogP contribution in [0, 0.1) is 11.3 Å². The van der Waals surface area contributed by atoms with E-state index in [1.165, 1.54) is 6.20 Å². The normalized spacial score (nSPS) is 15.2. The van der Waals surface area contributed by atoms with Gasteiger partial charge in [-0.2, -0.15) is 15.8 Å². The Kier molecular flexibility index (Phi) is 9.73. The van der Waals surface area contributed by atoms with Gasteiger partial charge in [0.25, 0.3) is 0 Å². The number of nitriles is 1. The first-order valence-corrected chi connectivity index (χ1v) is 8.97. The van der Waals surface area contributed by atoms with Crippen LogP contribution in [0.3, 0.4) is 0 Å². The molecule has 1 aromatic rings. The molecule has 0 aliphatic rings. The second-order valence-electron chi connectivity index (χ2n) is 6.48. The predicted octanol–water partition coefficient (Wildman–Crippen LogP) is 2.01. The van der Waals surface area contributed by atoms with Gasteiger partial charge in [0.2, 0.25) is 0 Å². The highest BCUT2D eigenvalue weighted by atomic mass is 16.6. The Bertz CT molecular complexity index is 597. The summed E-state index contributed by atoms with van der Waals surface area (Å²) in [6, 6.07) is 2.46. The monoisotopic (exact) mass is 361 g/mol. The molecule has 0 amide bonds. The predicted molar refractivity (Wildman–Crippen MR) is 102 cm³/mol. The van der Waals surface area contributed by atoms with Crippen LogP contribution in [0.25, 0.3) is 0 Å². The van der Waals surface area contributed by atoms with Crippen LogP contribution >= 0.6 is 0 Å². The average molecular weight is 361 g/mol. The molecule has 0 radical (unpaired) electrons. The second-order valence-corrected chi connectivity index (χ2v) is 6.48. The SMILES string of the molecule is CCON[C@H](C)C/C(C)=N/N(C)[C@H](C)CNC(C)c1cnc(C#N)cn1. The minimum Gasteiger partial charge on any atom is -0.307 e. The number of nitrogens with zero attached hydrogens (tertiary/aromatic N) is 5. The summed E-state index contributed by atoms with van der Waals surface area (Å²) in [4.78, 5) is 13.5. The summed E-state index contributed by atoms with van der Waals surface area (Å²) in [6.07, 6.45) is 3.95. The lowest BCUT2D eigenvalue weighted by atomic mass is 10.2. The van der Waals surface area contributed by atoms with Gasteiger partial charge in [-0.15, -0.1) is 0 Å². The number of nitrogens with one attached hydrogen (secondary N) is 2. The van der Waals surface area contributed by atoms with Gasteiger partial charge in [-0.25, -0.2) is 4.98 Å². The Morgan fingerprint density at radius 1 is 1.35 bits per heavy atom. The fourth-order valence-electron chi connectivity index (χ4n) is 2.32. The van der Waals surface area contributed by atoms with Crippen molar-refractivity contribution in [2.45, 2.75) is 59.2 Å². The van der Waals surface area contributed by atoms with E-state index in [0.717, 1.165) is 24.4 Å². The molecular weight excluding hydrogens is 330 g/mol. The zero-order chi connectivity index (χ0) is 19.5. The molecule has 0 saturated heterocycles. The largest absolute Gasteiger partial charge is 0.307 e. The van der Waals surface area contributed by atoms with Crippen molar-refractivity contribution in [1.82, 2.24) is 25.8 Å². The Balaban J connectivity index is 2.46. The van der Waals surface area contributed by atoms with E-state index in [0.29, 0.717) is 12.3 Å². The van der Waals surface area contributed by atoms with Crippen LogP contribution in [0.15, 0.2) is 17.5 Å². The van der Waals surface area contributed by atoms with Crippen LogP contribution in [-0.4, -0.2) is 53.0 Å². The van der Waals surface area contributed by atoms with Crippen LogP contribution in [-0.2, 0) is 4.84 Å². The summed E-state index contributed by atoms with van der Waals surface area (Å²) < 4.78 is 0. The minimum atomic E-state index is 0.0478. The van der Waals surface area contributed by atoms with E-state index >= 15 is 0 Å². The molecule has 8 heteroatoms. The van der Waals surface area contributed by atoms with E-state index in [9.17, 15) is 0 Å². The van der Waals surface area contributed by atoms with E-state index in [-0.39, 0.29) is 18.1 Å². The van der Waals surface area contributed by atoms with Crippen LogP contribution in [0.5, 0.6) is 0 Å². The number of hydrazone groups is 1. The Morgan fingerprint density at radius 2 is 2.08 bits per heavy atom. The molecule has 144 valence electrons. The van der Waals surface area contributed by atoms with Crippen LogP contribution in [0.2, 0.25) is 0 Å². The van der Waals surface area contributed by atoms with Crippen molar-refractivity contribution >= 4 is 5.71 Å². The third-order valence-corrected chi connectivity index (χ3v) is 3.95. The summed E-state index contributed by atoms with van der Waals surface area (Å²) in [5.41, 5.74) is 5.17. The van der Waals surface area contributed by atoms with Crippen molar-refractivity contribution in [2.24, 2.45) is 5.10 Å². The van der Waals surface area contributed by atoms with Crippen LogP contribution in [0.4, 0.5) is 0 Å². The zero-order valence-electron chi connectivity index (χ0n) is 16.7. The van der Waals surface area contributed by atoms with Gasteiger partial charge >= 0.3 is 0 Å². The molecule has 8 nitrogen and oxygen atoms in total. The van der Waals surface area contributed by atoms with E-state index in [1.807, 2.05) is 38.9 Å². The molecular formula is C18H31N7O. The number of aromatic nitrogens is 2. The summed E-state index contributed by atoms with van der Waals surface area (Å²) >= 11 is 0. The van der Waals surface area contributed by atoms with E-state index in [4.69, 9.17) is 10.1 Å². The highest BCUT2D eigenvalue weighted by Crippen LogP contribution is 2.08. The summed E-state index contributed by atoms with van der Waals surface area (Å²) in [7, 11) is 1.97. The topological polar surface area (TPSA) is 98.5 Å². The molecule has 26 heavy (non-hydrogen) atoms. The molecule has 0 aliphatic carbocycles. The molecule has 1 heterocycles. The van der Waals surface area contributed by atoms with Crippen molar-refractivity contribution < 1.29 is 4.84 Å². The van der Waals surface area contributed by atoms with Gasteiger partial charge in [0.15, 0.2) is 5.69 Å². The molecule has 0 fully saturated rings. The summed E-state index contributed by atoms with van der Waals surface area (Å²) in [5.74, 6) is 0. The number of rotatable bonds is 11. The number of hydroxylamine groups is 1. The lowest BCUT2D eigenvalue weighted by molar-refractivity contribution is 0.0304. The fraction of sp³-hybridized carbons (Fsp3) is 0.667. The average Bonchev–Trinajstić information content (AvgIpc) is 2.63. The first kappa shape index (κ1) is 22.0. The number of hydrogen-bond acceptors (Lipinski definition) is 8. The molecule has 3 atom stereocenters. The summed E-state index contributed by atoms with van der Waals surface area (Å²) in [5, 5.41) is 18.8. The quantitative estimate of drug-likeness (QED) is 0.459. The van der Waals surface area contributed by atoms with Crippen molar-refractivity contribution in [3.8, 4) is 6.07 Å². The van der Waals surface area contributed by atoms with Gasteiger partial charge in [-0.1, -0.05) is 0 Å². The van der Waals surface area contributed by atoms with Crippen molar-refractivity contribution in [2.75, 3.05) is 20.2 Å². The molecule has 0 aliphatic heterocycles. The van der Waals surface area contributed by atoms with Gasteiger partial charge in [-0.3, -0.25) is 9.99 Å². The first-order valence-electron chi connectivity index (χ1n) is 8.97. The Hall–Kier alpha value is -2.08. The van der Waals surface area contributed by atoms with Gasteiger partial charge in [0, 0.05) is 37.8 Å². The Morgan fingerprint density at radius 3 is 2.65 bits per heavy atom. The lowest BCUT2D eigenvalue weighted by Gasteiger charge is -2.25. The van der Waals surface area contributed by atoms with E-state index in [1.54, 1.807) is 6.20 Å². The third kappa shape index (κ3) is 7.87. The molecule has 0 bridgehead atoms. The molecule has 1 unspecified atom stereocenters. The van der Waals surface area contributed by atoms with Crippen molar-refractivity contribution in [3.63, 3.8) is 0 Å². The highest BCUT2D eigenvalue weighted by molar-refractivity contribution is 5.82. The standard InChI is InChI=1S/C18H31N7O/c1-7-26-24-14(3)8-13(2)23-25(6)15(4)10-20-16(5)18-12-21-17(9-19)11-22-18/h11-12,14-16,20,24H,7-8,10H2,1-6H3/b23-13+/t14-,15-,16?/m1/s1. The third-order valence-electron chi connectivity index (χ3n) is 3.95. The molecule has 0 aromatic carbocycles. The maximum absolute atomic E-state index is 8.78. The van der Waals surface area contributed by atoms with Gasteiger partial charge in [-0.05, 0) is 34.6 Å². The minimum absolute atomic E-state index is 0.0478. The van der Waals surface area contributed by atoms with Crippen LogP contribution < -0.4 is 10.8 Å². The van der Waals surface area contributed by atoms with Gasteiger partial charge in [0.05, 0.1) is 30.7 Å². The molecule has 1 rings (SSSR count). The second kappa shape index (κ2) is 11.5. The highest BCUT2D eigenvalue weighted by Gasteiger charge is 2.12. The van der Waals surface area contributed by atoms with Crippen molar-refractivity contribution in [1.29, 1.82) is 5.26 Å². The van der Waals surface area contributed by atoms with Crippen LogP contribution in [0.1, 0.15) is 58.5 Å². The van der Waals surface area contributed by atoms with E-state index in [2.05, 4.69) is 39.7 Å². The first-order chi connectivity index (χ1) is 12.4. The zero-order valence-corrected chi connectivity index (χ0v) is 16.7. The fourth-order valence-corrected chi connectivity index (χ4v) is 2.32. The maximum atomic E-state index is 8.78. The van der Waals surface area contributed by atoms with Crippen molar-refractivity contribution in [3.05, 3.63) is 23.8 Å². The summed E-state index contributed by atoms with van der Waals surface area (Å²) in [6.45, 7) is 11.6. The number of hydrogen-bond donors (Lipinski definition) is 2. The van der Waals surface area contributed by atoms with E-state index < -0.39 is 0 Å². The maximum Gasteiger partial charge on any atom is 0.158 e. The molecule has 1 aromatic heterocycles. The molecule has 2 N–H and O–H groups in total. The molecule has 0 saturated carbocycles. The lowest BCUT2D eigenvalue weighted by Crippen LogP contribution is -2.37. The number of likely N-dealkylation sites (N-methyl/N-ethyl adjacent to an activating group) is 1. The van der Waals surface area contributed by atoms with Gasteiger partial charge in [0.1, 0.15) is 6.07 Å².